The molecule has 0 amide bonds. The molecule has 0 unspecified atom stereocenters. The van der Waals surface area contributed by atoms with Gasteiger partial charge in [0.05, 0.1) is 0 Å². The minimum absolute atomic E-state index is 0.117. The van der Waals surface area contributed by atoms with E-state index >= 15 is 0 Å². The van der Waals surface area contributed by atoms with Gasteiger partial charge in [-0.15, -0.1) is 0 Å². The molecule has 0 bridgehead atoms. The van der Waals surface area contributed by atoms with Gasteiger partial charge in [0.1, 0.15) is 11.4 Å². The number of carbonyl (C=O) groups is 1. The molecule has 0 radical (unpaired) electrons. The molecule has 1 aliphatic rings. The summed E-state index contributed by atoms with van der Waals surface area (Å²) in [5.74, 6) is -0.0691. The number of aromatic nitrogens is 2. The number of carboxylic acid groups (broad SMARTS) is 1. The quantitative estimate of drug-likeness (QED) is 0.877. The van der Waals surface area contributed by atoms with Crippen LogP contribution < -0.4 is 5.32 Å². The highest BCUT2D eigenvalue weighted by Crippen LogP contribution is 2.26. The summed E-state index contributed by atoms with van der Waals surface area (Å²) < 4.78 is 0. The maximum absolute atomic E-state index is 11.2. The molecule has 0 spiro atoms. The normalized spacial score (nSPS) is 14.1. The second-order valence-electron chi connectivity index (χ2n) is 4.55. The van der Waals surface area contributed by atoms with Gasteiger partial charge in [0.15, 0.2) is 5.82 Å². The molecule has 1 aromatic carbocycles. The topological polar surface area (TPSA) is 75.1 Å². The van der Waals surface area contributed by atoms with Gasteiger partial charge in [0.2, 0.25) is 0 Å². The van der Waals surface area contributed by atoms with E-state index in [0.717, 1.165) is 18.4 Å². The van der Waals surface area contributed by atoms with Gasteiger partial charge in [-0.2, -0.15) is 0 Å². The zero-order chi connectivity index (χ0) is 13.2. The summed E-state index contributed by atoms with van der Waals surface area (Å²) in [5.41, 5.74) is 0.991. The van der Waals surface area contributed by atoms with Gasteiger partial charge >= 0.3 is 5.97 Å². The largest absolute Gasteiger partial charge is 0.477 e. The van der Waals surface area contributed by atoms with Crippen molar-refractivity contribution in [3.63, 3.8) is 0 Å². The molecule has 1 fully saturated rings. The first-order valence-electron chi connectivity index (χ1n) is 6.16. The second-order valence-corrected chi connectivity index (χ2v) is 4.55. The maximum atomic E-state index is 11.2. The summed E-state index contributed by atoms with van der Waals surface area (Å²) in [6.45, 7) is 0. The van der Waals surface area contributed by atoms with Crippen LogP contribution in [0, 0.1) is 0 Å². The molecule has 0 aliphatic heterocycles. The van der Waals surface area contributed by atoms with E-state index in [1.54, 1.807) is 0 Å². The molecule has 1 saturated carbocycles. The molecule has 5 nitrogen and oxygen atoms in total. The minimum atomic E-state index is -1.01. The van der Waals surface area contributed by atoms with Crippen LogP contribution in [0.15, 0.2) is 36.5 Å². The van der Waals surface area contributed by atoms with E-state index < -0.39 is 5.97 Å². The van der Waals surface area contributed by atoms with Crippen LogP contribution in [0.25, 0.3) is 11.4 Å². The molecule has 1 heterocycles. The molecule has 2 N–H and O–H groups in total. The average Bonchev–Trinajstić information content (AvgIpc) is 3.23. The molecule has 1 aliphatic carbocycles. The van der Waals surface area contributed by atoms with Crippen molar-refractivity contribution < 1.29 is 9.90 Å². The summed E-state index contributed by atoms with van der Waals surface area (Å²) in [5, 5.41) is 12.3. The molecule has 0 atom stereocenters. The van der Waals surface area contributed by atoms with Crippen LogP contribution in [0.3, 0.4) is 0 Å². The number of nitrogens with zero attached hydrogens (tertiary/aromatic N) is 2. The summed E-state index contributed by atoms with van der Waals surface area (Å²) in [7, 11) is 0. The highest BCUT2D eigenvalue weighted by molar-refractivity contribution is 5.93. The fourth-order valence-corrected chi connectivity index (χ4v) is 1.80. The third kappa shape index (κ3) is 2.54. The summed E-state index contributed by atoms with van der Waals surface area (Å²) in [6, 6.07) is 9.86. The van der Waals surface area contributed by atoms with E-state index in [0.29, 0.717) is 17.7 Å². The van der Waals surface area contributed by atoms with Gasteiger partial charge in [-0.3, -0.25) is 0 Å². The van der Waals surface area contributed by atoms with Crippen molar-refractivity contribution in [1.82, 2.24) is 9.97 Å². The standard InChI is InChI=1S/C14H13N3O2/c18-14(19)11-8-15-12(9-4-2-1-3-5-9)17-13(11)16-10-6-7-10/h1-5,8,10H,6-7H2,(H,18,19)(H,15,16,17). The molecule has 1 aromatic heterocycles. The molecule has 5 heteroatoms. The van der Waals surface area contributed by atoms with Crippen LogP contribution in [0.5, 0.6) is 0 Å². The molecule has 0 saturated heterocycles. The number of rotatable bonds is 4. The third-order valence-corrected chi connectivity index (χ3v) is 2.97. The van der Waals surface area contributed by atoms with Crippen molar-refractivity contribution in [2.45, 2.75) is 18.9 Å². The summed E-state index contributed by atoms with van der Waals surface area (Å²) >= 11 is 0. The van der Waals surface area contributed by atoms with Gasteiger partial charge in [-0.25, -0.2) is 14.8 Å². The lowest BCUT2D eigenvalue weighted by molar-refractivity contribution is 0.0697. The molecule has 2 aromatic rings. The predicted molar refractivity (Wildman–Crippen MR) is 71.1 cm³/mol. The summed E-state index contributed by atoms with van der Waals surface area (Å²) in [4.78, 5) is 19.6. The smallest absolute Gasteiger partial charge is 0.341 e. The minimum Gasteiger partial charge on any atom is -0.477 e. The van der Waals surface area contributed by atoms with Crippen LogP contribution in [0.2, 0.25) is 0 Å². The lowest BCUT2D eigenvalue weighted by Gasteiger charge is -2.09. The Kier molecular flexibility index (Phi) is 2.87. The first-order chi connectivity index (χ1) is 9.24. The lowest BCUT2D eigenvalue weighted by atomic mass is 10.2. The van der Waals surface area contributed by atoms with E-state index in [1.165, 1.54) is 6.20 Å². The number of anilines is 1. The van der Waals surface area contributed by atoms with Gasteiger partial charge in [-0.05, 0) is 12.8 Å². The Labute approximate surface area is 110 Å². The van der Waals surface area contributed by atoms with Crippen molar-refractivity contribution in [2.24, 2.45) is 0 Å². The van der Waals surface area contributed by atoms with Crippen LogP contribution in [-0.2, 0) is 0 Å². The van der Waals surface area contributed by atoms with Crippen molar-refractivity contribution in [1.29, 1.82) is 0 Å². The first-order valence-corrected chi connectivity index (χ1v) is 6.16. The highest BCUT2D eigenvalue weighted by atomic mass is 16.4. The van der Waals surface area contributed by atoms with Crippen LogP contribution in [0.4, 0.5) is 5.82 Å². The number of carboxylic acids is 1. The van der Waals surface area contributed by atoms with Gasteiger partial charge in [-0.1, -0.05) is 30.3 Å². The van der Waals surface area contributed by atoms with Gasteiger partial charge in [0, 0.05) is 17.8 Å². The molecular formula is C14H13N3O2. The third-order valence-electron chi connectivity index (χ3n) is 2.97. The van der Waals surface area contributed by atoms with E-state index in [-0.39, 0.29) is 5.56 Å². The van der Waals surface area contributed by atoms with Crippen molar-refractivity contribution >= 4 is 11.8 Å². The van der Waals surface area contributed by atoms with Crippen LogP contribution in [0.1, 0.15) is 23.2 Å². The zero-order valence-electron chi connectivity index (χ0n) is 10.2. The van der Waals surface area contributed by atoms with E-state index in [2.05, 4.69) is 15.3 Å². The molecular weight excluding hydrogens is 242 g/mol. The van der Waals surface area contributed by atoms with E-state index in [1.807, 2.05) is 30.3 Å². The lowest BCUT2D eigenvalue weighted by Crippen LogP contribution is -2.11. The molecule has 96 valence electrons. The fourth-order valence-electron chi connectivity index (χ4n) is 1.80. The Morgan fingerprint density at radius 3 is 2.63 bits per heavy atom. The van der Waals surface area contributed by atoms with Crippen molar-refractivity contribution in [3.8, 4) is 11.4 Å². The number of benzene rings is 1. The first kappa shape index (κ1) is 11.6. The number of aromatic carboxylic acids is 1. The maximum Gasteiger partial charge on any atom is 0.341 e. The van der Waals surface area contributed by atoms with Gasteiger partial charge < -0.3 is 10.4 Å². The van der Waals surface area contributed by atoms with Gasteiger partial charge in [0.25, 0.3) is 0 Å². The predicted octanol–water partition coefficient (Wildman–Crippen LogP) is 2.42. The Balaban J connectivity index is 2.00. The van der Waals surface area contributed by atoms with E-state index in [4.69, 9.17) is 5.11 Å². The number of hydrogen-bond donors (Lipinski definition) is 2. The summed E-state index contributed by atoms with van der Waals surface area (Å²) in [6.07, 6.45) is 3.48. The Hall–Kier alpha value is -2.43. The Morgan fingerprint density at radius 1 is 1.26 bits per heavy atom. The number of hydrogen-bond acceptors (Lipinski definition) is 4. The Bertz CT molecular complexity index is 609. The van der Waals surface area contributed by atoms with Crippen molar-refractivity contribution in [2.75, 3.05) is 5.32 Å². The Morgan fingerprint density at radius 2 is 2.00 bits per heavy atom. The monoisotopic (exact) mass is 255 g/mol. The average molecular weight is 255 g/mol. The SMILES string of the molecule is O=C(O)c1cnc(-c2ccccc2)nc1NC1CC1. The molecule has 3 rings (SSSR count). The highest BCUT2D eigenvalue weighted by Gasteiger charge is 2.24. The van der Waals surface area contributed by atoms with Crippen LogP contribution in [-0.4, -0.2) is 27.1 Å². The van der Waals surface area contributed by atoms with Crippen molar-refractivity contribution in [3.05, 3.63) is 42.1 Å². The second kappa shape index (κ2) is 4.68. The number of nitrogens with one attached hydrogen (secondary N) is 1. The fraction of sp³-hybridized carbons (Fsp3) is 0.214. The molecule has 19 heavy (non-hydrogen) atoms. The van der Waals surface area contributed by atoms with E-state index in [9.17, 15) is 4.79 Å². The zero-order valence-corrected chi connectivity index (χ0v) is 10.2. The van der Waals surface area contributed by atoms with Crippen LogP contribution >= 0.6 is 0 Å².